The number of hydrogen-bond acceptors (Lipinski definition) is 3. The van der Waals surface area contributed by atoms with Crippen LogP contribution >= 0.6 is 0 Å². The highest BCUT2D eigenvalue weighted by Crippen LogP contribution is 2.26. The number of anilines is 1. The van der Waals surface area contributed by atoms with Crippen molar-refractivity contribution in [3.8, 4) is 0 Å². The molecule has 3 nitrogen and oxygen atoms in total. The predicted octanol–water partition coefficient (Wildman–Crippen LogP) is 3.30. The molecule has 104 valence electrons. The Labute approximate surface area is 120 Å². The Balaban J connectivity index is 1.80. The molecule has 1 fully saturated rings. The Morgan fingerprint density at radius 1 is 1.15 bits per heavy atom. The fourth-order valence-electron chi connectivity index (χ4n) is 2.91. The van der Waals surface area contributed by atoms with E-state index < -0.39 is 0 Å². The highest BCUT2D eigenvalue weighted by molar-refractivity contribution is 5.43. The Morgan fingerprint density at radius 2 is 1.95 bits per heavy atom. The summed E-state index contributed by atoms with van der Waals surface area (Å²) in [6.07, 6.45) is 3.57. The van der Waals surface area contributed by atoms with Crippen molar-refractivity contribution in [3.63, 3.8) is 0 Å². The number of aryl methyl sites for hydroxylation is 2. The molecule has 20 heavy (non-hydrogen) atoms. The minimum Gasteiger partial charge on any atom is -0.352 e. The molecule has 0 spiro atoms. The highest BCUT2D eigenvalue weighted by Gasteiger charge is 2.26. The van der Waals surface area contributed by atoms with Crippen molar-refractivity contribution in [1.29, 1.82) is 0 Å². The quantitative estimate of drug-likeness (QED) is 0.854. The summed E-state index contributed by atoms with van der Waals surface area (Å²) in [6.45, 7) is 5.21. The van der Waals surface area contributed by atoms with Crippen molar-refractivity contribution in [3.05, 3.63) is 53.2 Å². The molecule has 1 saturated heterocycles. The maximum atomic E-state index is 4.39. The summed E-state index contributed by atoms with van der Waals surface area (Å²) in [5.41, 5.74) is 3.65. The van der Waals surface area contributed by atoms with Crippen LogP contribution in [0.4, 0.5) is 5.82 Å². The predicted molar refractivity (Wildman–Crippen MR) is 82.0 cm³/mol. The van der Waals surface area contributed by atoms with E-state index in [1.165, 1.54) is 24.0 Å². The lowest BCUT2D eigenvalue weighted by Gasteiger charge is -2.25. The van der Waals surface area contributed by atoms with Crippen LogP contribution in [0, 0.1) is 13.8 Å². The van der Waals surface area contributed by atoms with Crippen molar-refractivity contribution in [1.82, 2.24) is 10.2 Å². The zero-order valence-electron chi connectivity index (χ0n) is 12.2. The van der Waals surface area contributed by atoms with Gasteiger partial charge in [0.1, 0.15) is 0 Å². The smallest absolute Gasteiger partial charge is 0.151 e. The van der Waals surface area contributed by atoms with Crippen LogP contribution in [0.1, 0.15) is 29.7 Å². The summed E-state index contributed by atoms with van der Waals surface area (Å²) < 4.78 is 0. The molecule has 1 aliphatic heterocycles. The molecule has 2 heterocycles. The van der Waals surface area contributed by atoms with E-state index in [0.29, 0.717) is 6.04 Å². The molecule has 3 rings (SSSR count). The third-order valence-electron chi connectivity index (χ3n) is 4.20. The van der Waals surface area contributed by atoms with Gasteiger partial charge >= 0.3 is 0 Å². The Kier molecular flexibility index (Phi) is 3.68. The summed E-state index contributed by atoms with van der Waals surface area (Å²) in [5, 5.41) is 8.66. The standard InChI is InChI=1S/C17H21N3/c1-13-11-17(19-18-14(13)2)20-10-6-9-16(20)12-15-7-4-3-5-8-15/h3-5,7-8,11,16H,6,9-10,12H2,1-2H3. The van der Waals surface area contributed by atoms with E-state index >= 15 is 0 Å². The third kappa shape index (κ3) is 2.67. The molecule has 0 amide bonds. The zero-order chi connectivity index (χ0) is 13.9. The fraction of sp³-hybridized carbons (Fsp3) is 0.412. The molecule has 1 aliphatic rings. The van der Waals surface area contributed by atoms with Crippen molar-refractivity contribution in [2.75, 3.05) is 11.4 Å². The zero-order valence-corrected chi connectivity index (χ0v) is 12.2. The Morgan fingerprint density at radius 3 is 2.70 bits per heavy atom. The summed E-state index contributed by atoms with van der Waals surface area (Å²) in [6, 6.07) is 13.4. The number of aromatic nitrogens is 2. The first kappa shape index (κ1) is 13.1. The monoisotopic (exact) mass is 267 g/mol. The fourth-order valence-corrected chi connectivity index (χ4v) is 2.91. The van der Waals surface area contributed by atoms with Crippen molar-refractivity contribution < 1.29 is 0 Å². The average molecular weight is 267 g/mol. The lowest BCUT2D eigenvalue weighted by molar-refractivity contribution is 0.653. The number of hydrogen-bond donors (Lipinski definition) is 0. The van der Waals surface area contributed by atoms with Gasteiger partial charge in [-0.25, -0.2) is 0 Å². The van der Waals surface area contributed by atoms with Crippen LogP contribution in [0.5, 0.6) is 0 Å². The number of nitrogens with zero attached hydrogens (tertiary/aromatic N) is 3. The minimum atomic E-state index is 0.550. The highest BCUT2D eigenvalue weighted by atomic mass is 15.3. The van der Waals surface area contributed by atoms with Gasteiger partial charge in [-0.05, 0) is 50.3 Å². The molecule has 0 saturated carbocycles. The molecule has 1 unspecified atom stereocenters. The van der Waals surface area contributed by atoms with E-state index in [1.807, 2.05) is 6.92 Å². The van der Waals surface area contributed by atoms with E-state index in [-0.39, 0.29) is 0 Å². The molecule has 3 heteroatoms. The second-order valence-electron chi connectivity index (χ2n) is 5.65. The van der Waals surface area contributed by atoms with Gasteiger partial charge in [0.15, 0.2) is 5.82 Å². The van der Waals surface area contributed by atoms with Gasteiger partial charge < -0.3 is 4.90 Å². The molecule has 0 aliphatic carbocycles. The summed E-state index contributed by atoms with van der Waals surface area (Å²) >= 11 is 0. The van der Waals surface area contributed by atoms with Gasteiger partial charge in [0.05, 0.1) is 5.69 Å². The van der Waals surface area contributed by atoms with Crippen molar-refractivity contribution in [2.45, 2.75) is 39.2 Å². The maximum absolute atomic E-state index is 4.39. The van der Waals surface area contributed by atoms with Gasteiger partial charge in [0, 0.05) is 12.6 Å². The van der Waals surface area contributed by atoms with Gasteiger partial charge in [-0.2, -0.15) is 5.10 Å². The molecule has 0 radical (unpaired) electrons. The molecule has 1 aromatic carbocycles. The van der Waals surface area contributed by atoms with Crippen molar-refractivity contribution in [2.24, 2.45) is 0 Å². The first-order valence-corrected chi connectivity index (χ1v) is 7.35. The van der Waals surface area contributed by atoms with Crippen molar-refractivity contribution >= 4 is 5.82 Å². The SMILES string of the molecule is Cc1cc(N2CCCC2Cc2ccccc2)nnc1C. The number of benzene rings is 1. The van der Waals surface area contributed by atoms with Crippen LogP contribution < -0.4 is 4.90 Å². The van der Waals surface area contributed by atoms with Gasteiger partial charge in [0.25, 0.3) is 0 Å². The lowest BCUT2D eigenvalue weighted by Crippen LogP contribution is -2.32. The van der Waals surface area contributed by atoms with Crippen LogP contribution in [0.15, 0.2) is 36.4 Å². The van der Waals surface area contributed by atoms with E-state index in [9.17, 15) is 0 Å². The number of rotatable bonds is 3. The van der Waals surface area contributed by atoms with Gasteiger partial charge in [-0.1, -0.05) is 30.3 Å². The molecule has 0 N–H and O–H groups in total. The molecule has 1 atom stereocenters. The average Bonchev–Trinajstić information content (AvgIpc) is 2.91. The van der Waals surface area contributed by atoms with Crippen LogP contribution in [-0.4, -0.2) is 22.8 Å². The van der Waals surface area contributed by atoms with Gasteiger partial charge in [-0.15, -0.1) is 5.10 Å². The first-order valence-electron chi connectivity index (χ1n) is 7.35. The largest absolute Gasteiger partial charge is 0.352 e. The normalized spacial score (nSPS) is 18.5. The summed E-state index contributed by atoms with van der Waals surface area (Å²) in [7, 11) is 0. The Hall–Kier alpha value is -1.90. The molecule has 0 bridgehead atoms. The van der Waals surface area contributed by atoms with Crippen LogP contribution in [0.3, 0.4) is 0 Å². The first-order chi connectivity index (χ1) is 9.74. The van der Waals surface area contributed by atoms with Crippen LogP contribution in [-0.2, 0) is 6.42 Å². The molecule has 2 aromatic rings. The maximum Gasteiger partial charge on any atom is 0.151 e. The minimum absolute atomic E-state index is 0.550. The Bertz CT molecular complexity index is 580. The van der Waals surface area contributed by atoms with E-state index in [0.717, 1.165) is 24.5 Å². The van der Waals surface area contributed by atoms with Crippen LogP contribution in [0.2, 0.25) is 0 Å². The van der Waals surface area contributed by atoms with Gasteiger partial charge in [0.2, 0.25) is 0 Å². The van der Waals surface area contributed by atoms with Crippen LogP contribution in [0.25, 0.3) is 0 Å². The second kappa shape index (κ2) is 5.61. The van der Waals surface area contributed by atoms with E-state index in [1.54, 1.807) is 0 Å². The second-order valence-corrected chi connectivity index (χ2v) is 5.65. The van der Waals surface area contributed by atoms with E-state index in [2.05, 4.69) is 58.4 Å². The lowest BCUT2D eigenvalue weighted by atomic mass is 10.0. The summed E-state index contributed by atoms with van der Waals surface area (Å²) in [4.78, 5) is 2.42. The van der Waals surface area contributed by atoms with Gasteiger partial charge in [-0.3, -0.25) is 0 Å². The molecular formula is C17H21N3. The summed E-state index contributed by atoms with van der Waals surface area (Å²) in [5.74, 6) is 1.03. The third-order valence-corrected chi connectivity index (χ3v) is 4.20. The topological polar surface area (TPSA) is 29.0 Å². The molecule has 1 aromatic heterocycles. The molecular weight excluding hydrogens is 246 g/mol. The van der Waals surface area contributed by atoms with E-state index in [4.69, 9.17) is 0 Å².